The lowest BCUT2D eigenvalue weighted by Gasteiger charge is -2.21. The summed E-state index contributed by atoms with van der Waals surface area (Å²) in [7, 11) is 1.83. The molecule has 0 unspecified atom stereocenters. The number of hydrogen-bond acceptors (Lipinski definition) is 2. The van der Waals surface area contributed by atoms with E-state index in [1.165, 1.54) is 5.56 Å². The summed E-state index contributed by atoms with van der Waals surface area (Å²) >= 11 is 0. The number of nitrogens with zero attached hydrogens (tertiary/aromatic N) is 2. The van der Waals surface area contributed by atoms with Crippen LogP contribution in [0.4, 0.5) is 0 Å². The van der Waals surface area contributed by atoms with Gasteiger partial charge in [-0.1, -0.05) is 29.8 Å². The lowest BCUT2D eigenvalue weighted by molar-refractivity contribution is 0.0787. The Morgan fingerprint density at radius 1 is 1.22 bits per heavy atom. The Hall–Kier alpha value is -2.10. The van der Waals surface area contributed by atoms with Gasteiger partial charge in [-0.05, 0) is 19.4 Å². The summed E-state index contributed by atoms with van der Waals surface area (Å²) in [4.78, 5) is 13.9. The minimum absolute atomic E-state index is 0.0140. The average molecular weight is 241 g/mol. The zero-order valence-electron chi connectivity index (χ0n) is 10.7. The van der Waals surface area contributed by atoms with Gasteiger partial charge in [0.1, 0.15) is 0 Å². The number of nitrogens with one attached hydrogen (secondary N) is 1. The zero-order valence-corrected chi connectivity index (χ0v) is 10.7. The molecule has 0 fully saturated rings. The normalized spacial score (nSPS) is 18.3. The average Bonchev–Trinajstić information content (AvgIpc) is 2.84. The van der Waals surface area contributed by atoms with Crippen molar-refractivity contribution in [2.24, 2.45) is 0 Å². The standard InChI is InChI=1S/C14H15N3O/c1-8-4-6-10(7-5-8)13-11-9(2)15-16-12(11)14(18)17(13)3/h4-7,13H,1-3H3,(H,15,16)/t13-/m0/s1. The Labute approximate surface area is 106 Å². The van der Waals surface area contributed by atoms with Crippen molar-refractivity contribution in [2.45, 2.75) is 19.9 Å². The van der Waals surface area contributed by atoms with E-state index >= 15 is 0 Å². The van der Waals surface area contributed by atoms with E-state index in [1.54, 1.807) is 4.90 Å². The van der Waals surface area contributed by atoms with Crippen molar-refractivity contribution in [3.63, 3.8) is 0 Å². The molecule has 1 aromatic carbocycles. The van der Waals surface area contributed by atoms with Gasteiger partial charge in [0.05, 0.1) is 6.04 Å². The summed E-state index contributed by atoms with van der Waals surface area (Å²) in [6, 6.07) is 8.27. The van der Waals surface area contributed by atoms with Crippen LogP contribution in [-0.4, -0.2) is 28.1 Å². The first-order chi connectivity index (χ1) is 8.59. The van der Waals surface area contributed by atoms with Gasteiger partial charge in [0.15, 0.2) is 5.69 Å². The van der Waals surface area contributed by atoms with Gasteiger partial charge in [0.25, 0.3) is 5.91 Å². The maximum atomic E-state index is 12.1. The van der Waals surface area contributed by atoms with E-state index < -0.39 is 0 Å². The number of fused-ring (bicyclic) bond motifs is 1. The van der Waals surface area contributed by atoms with Crippen LogP contribution in [0.5, 0.6) is 0 Å². The molecule has 1 aliphatic heterocycles. The number of carbonyl (C=O) groups excluding carboxylic acids is 1. The number of rotatable bonds is 1. The highest BCUT2D eigenvalue weighted by molar-refractivity contribution is 5.98. The fourth-order valence-electron chi connectivity index (χ4n) is 2.55. The number of amides is 1. The minimum Gasteiger partial charge on any atom is -0.329 e. The lowest BCUT2D eigenvalue weighted by atomic mass is 9.99. The van der Waals surface area contributed by atoms with E-state index in [0.29, 0.717) is 5.69 Å². The fourth-order valence-corrected chi connectivity index (χ4v) is 2.55. The summed E-state index contributed by atoms with van der Waals surface area (Å²) < 4.78 is 0. The van der Waals surface area contributed by atoms with Gasteiger partial charge in [-0.3, -0.25) is 9.89 Å². The first-order valence-electron chi connectivity index (χ1n) is 5.98. The van der Waals surface area contributed by atoms with Gasteiger partial charge >= 0.3 is 0 Å². The van der Waals surface area contributed by atoms with Gasteiger partial charge in [-0.2, -0.15) is 5.10 Å². The van der Waals surface area contributed by atoms with Crippen LogP contribution in [0, 0.1) is 13.8 Å². The molecule has 1 aliphatic rings. The van der Waals surface area contributed by atoms with Crippen LogP contribution in [0.25, 0.3) is 0 Å². The largest absolute Gasteiger partial charge is 0.329 e. The monoisotopic (exact) mass is 241 g/mol. The molecule has 18 heavy (non-hydrogen) atoms. The van der Waals surface area contributed by atoms with Gasteiger partial charge in [-0.15, -0.1) is 0 Å². The Morgan fingerprint density at radius 2 is 1.89 bits per heavy atom. The first kappa shape index (κ1) is 11.0. The maximum absolute atomic E-state index is 12.1. The molecule has 1 amide bonds. The molecule has 1 N–H and O–H groups in total. The number of aromatic nitrogens is 2. The van der Waals surface area contributed by atoms with Crippen molar-refractivity contribution < 1.29 is 4.79 Å². The van der Waals surface area contributed by atoms with Crippen LogP contribution >= 0.6 is 0 Å². The van der Waals surface area contributed by atoms with Gasteiger partial charge in [0.2, 0.25) is 0 Å². The summed E-state index contributed by atoms with van der Waals surface area (Å²) in [5.41, 5.74) is 4.87. The molecule has 1 aromatic heterocycles. The number of aromatic amines is 1. The van der Waals surface area contributed by atoms with Gasteiger partial charge < -0.3 is 4.90 Å². The quantitative estimate of drug-likeness (QED) is 0.832. The molecule has 3 rings (SSSR count). The third-order valence-electron chi connectivity index (χ3n) is 3.57. The SMILES string of the molecule is Cc1ccc([C@H]2c3c(n[nH]c3C)C(=O)N2C)cc1. The Balaban J connectivity index is 2.14. The molecule has 4 heteroatoms. The van der Waals surface area contributed by atoms with Gasteiger partial charge in [-0.25, -0.2) is 0 Å². The van der Waals surface area contributed by atoms with E-state index in [0.717, 1.165) is 16.8 Å². The molecule has 0 spiro atoms. The van der Waals surface area contributed by atoms with E-state index in [2.05, 4.69) is 41.4 Å². The van der Waals surface area contributed by atoms with E-state index in [4.69, 9.17) is 0 Å². The molecule has 1 atom stereocenters. The van der Waals surface area contributed by atoms with Crippen molar-refractivity contribution in [3.05, 3.63) is 52.3 Å². The Kier molecular flexibility index (Phi) is 2.26. The molecular weight excluding hydrogens is 226 g/mol. The number of hydrogen-bond donors (Lipinski definition) is 1. The van der Waals surface area contributed by atoms with Crippen molar-refractivity contribution in [2.75, 3.05) is 7.05 Å². The predicted octanol–water partition coefficient (Wildman–Crippen LogP) is 2.20. The highest BCUT2D eigenvalue weighted by Crippen LogP contribution is 2.37. The summed E-state index contributed by atoms with van der Waals surface area (Å²) in [5, 5.41) is 7.01. The second-order valence-corrected chi connectivity index (χ2v) is 4.84. The molecule has 0 aliphatic carbocycles. The highest BCUT2D eigenvalue weighted by Gasteiger charge is 2.38. The molecule has 0 saturated carbocycles. The van der Waals surface area contributed by atoms with Crippen LogP contribution in [0.1, 0.15) is 38.9 Å². The van der Waals surface area contributed by atoms with Crippen molar-refractivity contribution in [1.82, 2.24) is 15.1 Å². The Morgan fingerprint density at radius 3 is 2.56 bits per heavy atom. The molecule has 2 heterocycles. The molecule has 0 radical (unpaired) electrons. The summed E-state index contributed by atoms with van der Waals surface area (Å²) in [6.07, 6.45) is 0. The molecule has 0 saturated heterocycles. The van der Waals surface area contributed by atoms with Crippen LogP contribution in [0.2, 0.25) is 0 Å². The van der Waals surface area contributed by atoms with Crippen molar-refractivity contribution in [1.29, 1.82) is 0 Å². The topological polar surface area (TPSA) is 49.0 Å². The van der Waals surface area contributed by atoms with E-state index in [1.807, 2.05) is 14.0 Å². The number of carbonyl (C=O) groups is 1. The minimum atomic E-state index is -0.0214. The second-order valence-electron chi connectivity index (χ2n) is 4.84. The van der Waals surface area contributed by atoms with Crippen LogP contribution in [0.15, 0.2) is 24.3 Å². The number of H-pyrrole nitrogens is 1. The first-order valence-corrected chi connectivity index (χ1v) is 5.98. The Bertz CT molecular complexity index is 612. The molecule has 0 bridgehead atoms. The lowest BCUT2D eigenvalue weighted by Crippen LogP contribution is -2.24. The van der Waals surface area contributed by atoms with Gasteiger partial charge in [0, 0.05) is 18.3 Å². The molecule has 4 nitrogen and oxygen atoms in total. The maximum Gasteiger partial charge on any atom is 0.275 e. The van der Waals surface area contributed by atoms with Crippen LogP contribution in [0.3, 0.4) is 0 Å². The predicted molar refractivity (Wildman–Crippen MR) is 68.4 cm³/mol. The van der Waals surface area contributed by atoms with E-state index in [-0.39, 0.29) is 11.9 Å². The molecular formula is C14H15N3O. The zero-order chi connectivity index (χ0) is 12.9. The molecule has 2 aromatic rings. The second kappa shape index (κ2) is 3.70. The number of benzene rings is 1. The van der Waals surface area contributed by atoms with E-state index in [9.17, 15) is 4.79 Å². The van der Waals surface area contributed by atoms with Crippen LogP contribution < -0.4 is 0 Å². The van der Waals surface area contributed by atoms with Crippen LogP contribution in [-0.2, 0) is 0 Å². The number of aryl methyl sites for hydroxylation is 2. The smallest absolute Gasteiger partial charge is 0.275 e. The van der Waals surface area contributed by atoms with Crippen molar-refractivity contribution >= 4 is 5.91 Å². The summed E-state index contributed by atoms with van der Waals surface area (Å²) in [5.74, 6) is -0.0140. The third-order valence-corrected chi connectivity index (χ3v) is 3.57. The summed E-state index contributed by atoms with van der Waals surface area (Å²) in [6.45, 7) is 4.02. The fraction of sp³-hybridized carbons (Fsp3) is 0.286. The molecule has 92 valence electrons. The van der Waals surface area contributed by atoms with Crippen molar-refractivity contribution in [3.8, 4) is 0 Å². The highest BCUT2D eigenvalue weighted by atomic mass is 16.2. The third kappa shape index (κ3) is 1.38.